The molecule has 170 valence electrons. The summed E-state index contributed by atoms with van der Waals surface area (Å²) < 4.78 is 2.04. The molecule has 0 saturated heterocycles. The van der Waals surface area contributed by atoms with Crippen molar-refractivity contribution in [3.63, 3.8) is 0 Å². The predicted octanol–water partition coefficient (Wildman–Crippen LogP) is 3.59. The number of fused-ring (bicyclic) bond motifs is 1. The van der Waals surface area contributed by atoms with Gasteiger partial charge in [-0.2, -0.15) is 0 Å². The standard InChI is InChI=1S/C25H30N8/c26-15-21(17-5-2-1-3-6-17)32-23-8-4-7-20(31-23)22-16-29-25-24(28-13-14-33(22)25)30-19-11-9-18(27)10-12-19/h1-8,13-14,16,18-19,21H,9-12,15,26-27H2,(H,28,30)(H,31,32)/t18-,19-,21?. The van der Waals surface area contributed by atoms with Gasteiger partial charge in [0.1, 0.15) is 5.82 Å². The molecule has 0 bridgehead atoms. The molecule has 1 aliphatic rings. The second-order valence-electron chi connectivity index (χ2n) is 8.62. The molecule has 0 spiro atoms. The summed E-state index contributed by atoms with van der Waals surface area (Å²) in [5.74, 6) is 1.57. The van der Waals surface area contributed by atoms with Crippen LogP contribution in [0.2, 0.25) is 0 Å². The van der Waals surface area contributed by atoms with Crippen molar-refractivity contribution in [2.24, 2.45) is 11.5 Å². The van der Waals surface area contributed by atoms with Crippen LogP contribution in [0.1, 0.15) is 37.3 Å². The van der Waals surface area contributed by atoms with Crippen LogP contribution in [0, 0.1) is 0 Å². The zero-order valence-electron chi connectivity index (χ0n) is 18.6. The van der Waals surface area contributed by atoms with E-state index in [0.717, 1.165) is 59.9 Å². The van der Waals surface area contributed by atoms with Crippen LogP contribution in [0.3, 0.4) is 0 Å². The fourth-order valence-corrected chi connectivity index (χ4v) is 4.47. The Morgan fingerprint density at radius 3 is 2.61 bits per heavy atom. The highest BCUT2D eigenvalue weighted by atomic mass is 15.1. The number of hydrogen-bond acceptors (Lipinski definition) is 7. The third-order valence-electron chi connectivity index (χ3n) is 6.31. The van der Waals surface area contributed by atoms with Crippen molar-refractivity contribution in [2.45, 2.75) is 43.8 Å². The van der Waals surface area contributed by atoms with Gasteiger partial charge in [-0.1, -0.05) is 36.4 Å². The van der Waals surface area contributed by atoms with Gasteiger partial charge < -0.3 is 22.1 Å². The molecule has 1 fully saturated rings. The van der Waals surface area contributed by atoms with Crippen molar-refractivity contribution in [2.75, 3.05) is 17.2 Å². The summed E-state index contributed by atoms with van der Waals surface area (Å²) in [5, 5.41) is 7.04. The molecule has 3 heterocycles. The molecule has 4 aromatic rings. The van der Waals surface area contributed by atoms with Crippen LogP contribution in [0.5, 0.6) is 0 Å². The van der Waals surface area contributed by atoms with E-state index in [2.05, 4.69) is 32.7 Å². The van der Waals surface area contributed by atoms with Crippen LogP contribution in [-0.4, -0.2) is 38.0 Å². The number of pyridine rings is 1. The summed E-state index contributed by atoms with van der Waals surface area (Å²) in [6, 6.07) is 16.8. The van der Waals surface area contributed by atoms with E-state index >= 15 is 0 Å². The van der Waals surface area contributed by atoms with E-state index in [9.17, 15) is 0 Å². The van der Waals surface area contributed by atoms with Gasteiger partial charge in [0.2, 0.25) is 0 Å². The highest BCUT2D eigenvalue weighted by Crippen LogP contribution is 2.26. The molecule has 1 aromatic carbocycles. The largest absolute Gasteiger partial charge is 0.364 e. The number of nitrogens with zero attached hydrogens (tertiary/aromatic N) is 4. The zero-order valence-corrected chi connectivity index (χ0v) is 18.6. The van der Waals surface area contributed by atoms with Gasteiger partial charge in [0.05, 0.1) is 23.6 Å². The smallest absolute Gasteiger partial charge is 0.180 e. The van der Waals surface area contributed by atoms with Gasteiger partial charge in [-0.25, -0.2) is 15.0 Å². The van der Waals surface area contributed by atoms with Crippen molar-refractivity contribution in [1.82, 2.24) is 19.4 Å². The van der Waals surface area contributed by atoms with Crippen molar-refractivity contribution >= 4 is 17.3 Å². The Morgan fingerprint density at radius 2 is 1.82 bits per heavy atom. The molecule has 1 saturated carbocycles. The molecule has 3 aromatic heterocycles. The molecule has 5 rings (SSSR count). The van der Waals surface area contributed by atoms with Crippen molar-refractivity contribution in [3.05, 3.63) is 72.7 Å². The normalized spacial score (nSPS) is 19.3. The first-order valence-electron chi connectivity index (χ1n) is 11.5. The van der Waals surface area contributed by atoms with Gasteiger partial charge in [-0.3, -0.25) is 4.40 Å². The highest BCUT2D eigenvalue weighted by Gasteiger charge is 2.20. The van der Waals surface area contributed by atoms with Crippen LogP contribution in [-0.2, 0) is 0 Å². The molecule has 0 aliphatic heterocycles. The van der Waals surface area contributed by atoms with E-state index in [4.69, 9.17) is 16.5 Å². The molecule has 8 nitrogen and oxygen atoms in total. The number of aromatic nitrogens is 4. The van der Waals surface area contributed by atoms with Crippen molar-refractivity contribution in [3.8, 4) is 11.4 Å². The minimum atomic E-state index is -0.0141. The lowest BCUT2D eigenvalue weighted by atomic mass is 9.92. The molecular formula is C25H30N8. The van der Waals surface area contributed by atoms with E-state index in [0.29, 0.717) is 18.6 Å². The lowest BCUT2D eigenvalue weighted by Gasteiger charge is -2.27. The lowest BCUT2D eigenvalue weighted by Crippen LogP contribution is -2.33. The number of imidazole rings is 1. The SMILES string of the molecule is NCC(Nc1cccc(-c2cnc3c(N[C@H]4CC[C@H](N)CC4)nccn23)n1)c1ccccc1. The summed E-state index contributed by atoms with van der Waals surface area (Å²) >= 11 is 0. The van der Waals surface area contributed by atoms with Gasteiger partial charge in [0.15, 0.2) is 11.5 Å². The first-order chi connectivity index (χ1) is 16.2. The Hall–Kier alpha value is -3.49. The van der Waals surface area contributed by atoms with Gasteiger partial charge in [-0.05, 0) is 43.4 Å². The number of hydrogen-bond donors (Lipinski definition) is 4. The molecule has 0 radical (unpaired) electrons. The van der Waals surface area contributed by atoms with Crippen LogP contribution < -0.4 is 22.1 Å². The van der Waals surface area contributed by atoms with E-state index in [1.165, 1.54) is 0 Å². The minimum absolute atomic E-state index is 0.0141. The molecule has 1 atom stereocenters. The summed E-state index contributed by atoms with van der Waals surface area (Å²) in [6.07, 6.45) is 9.76. The van der Waals surface area contributed by atoms with E-state index in [-0.39, 0.29) is 6.04 Å². The zero-order chi connectivity index (χ0) is 22.6. The Bertz CT molecular complexity index is 1200. The summed E-state index contributed by atoms with van der Waals surface area (Å²) in [5.41, 5.74) is 15.8. The Morgan fingerprint density at radius 1 is 1.00 bits per heavy atom. The number of rotatable bonds is 7. The average Bonchev–Trinajstić information content (AvgIpc) is 3.30. The van der Waals surface area contributed by atoms with Crippen LogP contribution in [0.25, 0.3) is 17.0 Å². The predicted molar refractivity (Wildman–Crippen MR) is 132 cm³/mol. The number of nitrogens with two attached hydrogens (primary N) is 2. The van der Waals surface area contributed by atoms with Crippen LogP contribution in [0.15, 0.2) is 67.1 Å². The third-order valence-corrected chi connectivity index (χ3v) is 6.31. The Labute approximate surface area is 193 Å². The molecule has 8 heteroatoms. The monoisotopic (exact) mass is 442 g/mol. The fraction of sp³-hybridized carbons (Fsp3) is 0.320. The van der Waals surface area contributed by atoms with Gasteiger partial charge in [0, 0.05) is 31.0 Å². The molecular weight excluding hydrogens is 412 g/mol. The quantitative estimate of drug-likeness (QED) is 0.345. The van der Waals surface area contributed by atoms with E-state index in [1.807, 2.05) is 53.2 Å². The maximum Gasteiger partial charge on any atom is 0.180 e. The molecule has 6 N–H and O–H groups in total. The maximum absolute atomic E-state index is 6.05. The molecule has 1 aliphatic carbocycles. The van der Waals surface area contributed by atoms with Gasteiger partial charge in [-0.15, -0.1) is 0 Å². The number of nitrogens with one attached hydrogen (secondary N) is 2. The third kappa shape index (κ3) is 4.67. The van der Waals surface area contributed by atoms with Crippen molar-refractivity contribution < 1.29 is 0 Å². The minimum Gasteiger partial charge on any atom is -0.364 e. The maximum atomic E-state index is 6.05. The van der Waals surface area contributed by atoms with E-state index < -0.39 is 0 Å². The highest BCUT2D eigenvalue weighted by molar-refractivity contribution is 5.70. The summed E-state index contributed by atoms with van der Waals surface area (Å²) in [7, 11) is 0. The first kappa shape index (κ1) is 21.4. The lowest BCUT2D eigenvalue weighted by molar-refractivity contribution is 0.410. The number of anilines is 2. The van der Waals surface area contributed by atoms with E-state index in [1.54, 1.807) is 6.20 Å². The van der Waals surface area contributed by atoms with Crippen molar-refractivity contribution in [1.29, 1.82) is 0 Å². The Balaban J connectivity index is 1.39. The molecule has 1 unspecified atom stereocenters. The summed E-state index contributed by atoms with van der Waals surface area (Å²) in [6.45, 7) is 0.471. The Kier molecular flexibility index (Phi) is 6.19. The van der Waals surface area contributed by atoms with Gasteiger partial charge in [0.25, 0.3) is 0 Å². The fourth-order valence-electron chi connectivity index (χ4n) is 4.47. The summed E-state index contributed by atoms with van der Waals surface area (Å²) in [4.78, 5) is 14.1. The molecule has 0 amide bonds. The van der Waals surface area contributed by atoms with Gasteiger partial charge >= 0.3 is 0 Å². The van der Waals surface area contributed by atoms with Crippen LogP contribution in [0.4, 0.5) is 11.6 Å². The van der Waals surface area contributed by atoms with Crippen LogP contribution >= 0.6 is 0 Å². The first-order valence-corrected chi connectivity index (χ1v) is 11.5. The topological polar surface area (TPSA) is 119 Å². The second-order valence-corrected chi connectivity index (χ2v) is 8.62. The number of benzene rings is 1. The molecule has 33 heavy (non-hydrogen) atoms. The average molecular weight is 443 g/mol. The second kappa shape index (κ2) is 9.56.